The maximum atomic E-state index is 5.15. The molecule has 180 valence electrons. The number of fused-ring (bicyclic) bond motifs is 2. The predicted octanol–water partition coefficient (Wildman–Crippen LogP) is 4.00. The summed E-state index contributed by atoms with van der Waals surface area (Å²) in [4.78, 5) is 26.0. The van der Waals surface area contributed by atoms with Gasteiger partial charge in [-0.1, -0.05) is 0 Å². The first-order valence-corrected chi connectivity index (χ1v) is 12.5. The van der Waals surface area contributed by atoms with Crippen molar-refractivity contribution < 1.29 is 0 Å². The van der Waals surface area contributed by atoms with Crippen LogP contribution in [0.25, 0.3) is 33.3 Å². The first-order chi connectivity index (χ1) is 17.7. The Kier molecular flexibility index (Phi) is 5.02. The summed E-state index contributed by atoms with van der Waals surface area (Å²) in [5.41, 5.74) is 6.10. The van der Waals surface area contributed by atoms with Crippen molar-refractivity contribution in [3.8, 4) is 11.4 Å². The normalized spacial score (nSPS) is 16.1. The molecule has 0 spiro atoms. The SMILES string of the molecule is Cn1cnc2ccc(Nc3cc(-c4nc(N5CCNCC5)c5c(C6CC6)cncc5n4)ccn3)cc21. The number of benzene rings is 1. The van der Waals surface area contributed by atoms with Crippen LogP contribution in [0, 0.1) is 0 Å². The Morgan fingerprint density at radius 1 is 0.972 bits per heavy atom. The maximum Gasteiger partial charge on any atom is 0.162 e. The van der Waals surface area contributed by atoms with E-state index in [1.54, 1.807) is 6.20 Å². The molecular formula is C27H27N9. The van der Waals surface area contributed by atoms with E-state index in [4.69, 9.17) is 9.97 Å². The van der Waals surface area contributed by atoms with Gasteiger partial charge >= 0.3 is 0 Å². The van der Waals surface area contributed by atoms with E-state index in [9.17, 15) is 0 Å². The van der Waals surface area contributed by atoms with Crippen molar-refractivity contribution in [2.75, 3.05) is 36.4 Å². The lowest BCUT2D eigenvalue weighted by Crippen LogP contribution is -2.44. The molecule has 0 atom stereocenters. The lowest BCUT2D eigenvalue weighted by Gasteiger charge is -2.30. The van der Waals surface area contributed by atoms with Crippen molar-refractivity contribution in [2.45, 2.75) is 18.8 Å². The largest absolute Gasteiger partial charge is 0.353 e. The van der Waals surface area contributed by atoms with E-state index < -0.39 is 0 Å². The van der Waals surface area contributed by atoms with Crippen LogP contribution in [0.2, 0.25) is 0 Å². The number of hydrogen-bond acceptors (Lipinski definition) is 8. The van der Waals surface area contributed by atoms with Gasteiger partial charge in [-0.3, -0.25) is 4.98 Å². The monoisotopic (exact) mass is 477 g/mol. The predicted molar refractivity (Wildman–Crippen MR) is 142 cm³/mol. The number of aryl methyl sites for hydroxylation is 1. The average molecular weight is 478 g/mol. The third-order valence-electron chi connectivity index (χ3n) is 7.07. The van der Waals surface area contributed by atoms with Crippen LogP contribution in [0.3, 0.4) is 0 Å². The summed E-state index contributed by atoms with van der Waals surface area (Å²) in [5, 5.41) is 8.05. The number of hydrogen-bond donors (Lipinski definition) is 2. The minimum absolute atomic E-state index is 0.575. The highest BCUT2D eigenvalue weighted by Gasteiger charge is 2.29. The highest BCUT2D eigenvalue weighted by atomic mass is 15.2. The molecule has 0 unspecified atom stereocenters. The number of piperazine rings is 1. The molecule has 0 radical (unpaired) electrons. The first-order valence-electron chi connectivity index (χ1n) is 12.5. The molecule has 4 aromatic heterocycles. The number of aromatic nitrogens is 6. The second-order valence-electron chi connectivity index (χ2n) is 9.62. The van der Waals surface area contributed by atoms with E-state index in [1.165, 1.54) is 18.4 Å². The lowest BCUT2D eigenvalue weighted by atomic mass is 10.1. The summed E-state index contributed by atoms with van der Waals surface area (Å²) >= 11 is 0. The zero-order valence-corrected chi connectivity index (χ0v) is 20.1. The molecule has 7 rings (SSSR count). The number of nitrogens with one attached hydrogen (secondary N) is 2. The summed E-state index contributed by atoms with van der Waals surface area (Å²) in [6.45, 7) is 3.76. The van der Waals surface area contributed by atoms with Crippen LogP contribution in [-0.2, 0) is 7.05 Å². The van der Waals surface area contributed by atoms with Gasteiger partial charge in [0.05, 0.1) is 29.1 Å². The van der Waals surface area contributed by atoms with Crippen LogP contribution in [0.15, 0.2) is 55.2 Å². The van der Waals surface area contributed by atoms with E-state index in [0.29, 0.717) is 11.7 Å². The molecule has 2 N–H and O–H groups in total. The molecule has 9 nitrogen and oxygen atoms in total. The van der Waals surface area contributed by atoms with Crippen molar-refractivity contribution >= 4 is 39.3 Å². The van der Waals surface area contributed by atoms with E-state index >= 15 is 0 Å². The minimum Gasteiger partial charge on any atom is -0.353 e. The summed E-state index contributed by atoms with van der Waals surface area (Å²) in [7, 11) is 1.99. The van der Waals surface area contributed by atoms with Gasteiger partial charge in [0.25, 0.3) is 0 Å². The molecule has 1 saturated heterocycles. The van der Waals surface area contributed by atoms with E-state index in [2.05, 4.69) is 36.6 Å². The van der Waals surface area contributed by atoms with Gasteiger partial charge in [-0.05, 0) is 54.7 Å². The second-order valence-corrected chi connectivity index (χ2v) is 9.62. The molecule has 1 aromatic carbocycles. The van der Waals surface area contributed by atoms with Crippen molar-refractivity contribution in [1.29, 1.82) is 0 Å². The van der Waals surface area contributed by atoms with Crippen LogP contribution in [0.5, 0.6) is 0 Å². The number of rotatable bonds is 5. The van der Waals surface area contributed by atoms with Crippen LogP contribution >= 0.6 is 0 Å². The third kappa shape index (κ3) is 3.81. The van der Waals surface area contributed by atoms with Gasteiger partial charge in [0.1, 0.15) is 11.6 Å². The van der Waals surface area contributed by atoms with Crippen molar-refractivity contribution in [3.63, 3.8) is 0 Å². The molecule has 5 heterocycles. The van der Waals surface area contributed by atoms with Crippen LogP contribution in [0.4, 0.5) is 17.3 Å². The minimum atomic E-state index is 0.575. The van der Waals surface area contributed by atoms with Gasteiger partial charge < -0.3 is 20.1 Å². The quantitative estimate of drug-likeness (QED) is 0.392. The van der Waals surface area contributed by atoms with Gasteiger partial charge in [0.15, 0.2) is 5.82 Å². The fraction of sp³-hybridized carbons (Fsp3) is 0.296. The van der Waals surface area contributed by atoms with Gasteiger partial charge in [-0.2, -0.15) is 0 Å². The van der Waals surface area contributed by atoms with Gasteiger partial charge in [0, 0.05) is 62.3 Å². The molecule has 1 aliphatic heterocycles. The van der Waals surface area contributed by atoms with Gasteiger partial charge in [-0.15, -0.1) is 0 Å². The molecule has 36 heavy (non-hydrogen) atoms. The first kappa shape index (κ1) is 21.2. The molecule has 0 amide bonds. The molecule has 5 aromatic rings. The number of pyridine rings is 2. The summed E-state index contributed by atoms with van der Waals surface area (Å²) in [5.74, 6) is 3.03. The number of anilines is 3. The van der Waals surface area contributed by atoms with Crippen molar-refractivity contribution in [3.05, 3.63) is 60.8 Å². The van der Waals surface area contributed by atoms with Crippen LogP contribution < -0.4 is 15.5 Å². The van der Waals surface area contributed by atoms with Crippen LogP contribution in [0.1, 0.15) is 24.3 Å². The molecule has 2 fully saturated rings. The molecular weight excluding hydrogens is 450 g/mol. The Balaban J connectivity index is 1.29. The fourth-order valence-electron chi connectivity index (χ4n) is 5.02. The second kappa shape index (κ2) is 8.53. The topological polar surface area (TPSA) is 96.7 Å². The molecule has 0 bridgehead atoms. The van der Waals surface area contributed by atoms with E-state index in [0.717, 1.165) is 71.0 Å². The van der Waals surface area contributed by atoms with E-state index in [-0.39, 0.29) is 0 Å². The fourth-order valence-corrected chi connectivity index (χ4v) is 5.02. The zero-order chi connectivity index (χ0) is 24.1. The average Bonchev–Trinajstić information content (AvgIpc) is 3.71. The smallest absolute Gasteiger partial charge is 0.162 e. The standard InChI is InChI=1S/C27H27N9/c1-35-16-31-21-5-4-19(13-23(21)35)32-24-12-18(6-7-30-24)26-33-22-15-29-14-20(17-2-3-17)25(22)27(34-26)36-10-8-28-9-11-36/h4-7,12-17,28H,2-3,8-11H2,1H3,(H,30,32). The Morgan fingerprint density at radius 2 is 1.86 bits per heavy atom. The molecule has 1 saturated carbocycles. The van der Waals surface area contributed by atoms with Crippen LogP contribution in [-0.4, -0.2) is 55.7 Å². The summed E-state index contributed by atoms with van der Waals surface area (Å²) in [6, 6.07) is 10.1. The maximum absolute atomic E-state index is 5.15. The Morgan fingerprint density at radius 3 is 2.72 bits per heavy atom. The Bertz CT molecular complexity index is 1580. The van der Waals surface area contributed by atoms with Crippen molar-refractivity contribution in [1.82, 2.24) is 34.8 Å². The summed E-state index contributed by atoms with van der Waals surface area (Å²) < 4.78 is 2.01. The summed E-state index contributed by atoms with van der Waals surface area (Å²) in [6.07, 6.45) is 9.95. The zero-order valence-electron chi connectivity index (χ0n) is 20.1. The van der Waals surface area contributed by atoms with Gasteiger partial charge in [-0.25, -0.2) is 19.9 Å². The van der Waals surface area contributed by atoms with Crippen molar-refractivity contribution in [2.24, 2.45) is 7.05 Å². The highest BCUT2D eigenvalue weighted by molar-refractivity contribution is 5.94. The molecule has 1 aliphatic carbocycles. The van der Waals surface area contributed by atoms with Gasteiger partial charge in [0.2, 0.25) is 0 Å². The molecule has 9 heteroatoms. The molecule has 2 aliphatic rings. The number of imidazole rings is 1. The number of nitrogens with zero attached hydrogens (tertiary/aromatic N) is 7. The lowest BCUT2D eigenvalue weighted by molar-refractivity contribution is 0.586. The third-order valence-corrected chi connectivity index (χ3v) is 7.07. The highest BCUT2D eigenvalue weighted by Crippen LogP contribution is 2.44. The Labute approximate surface area is 208 Å². The Hall–Kier alpha value is -4.11. The van der Waals surface area contributed by atoms with E-state index in [1.807, 2.05) is 54.6 Å².